The van der Waals surface area contributed by atoms with E-state index in [9.17, 15) is 9.59 Å². The number of benzene rings is 1. The molecule has 1 atom stereocenters. The summed E-state index contributed by atoms with van der Waals surface area (Å²) in [6.45, 7) is 2.01. The molecule has 1 unspecified atom stereocenters. The van der Waals surface area contributed by atoms with E-state index in [4.69, 9.17) is 0 Å². The summed E-state index contributed by atoms with van der Waals surface area (Å²) in [5.41, 5.74) is -0.0910. The largest absolute Gasteiger partial charge is 0.325 e. The molecule has 2 aromatic rings. The van der Waals surface area contributed by atoms with E-state index in [2.05, 4.69) is 37.2 Å². The highest BCUT2D eigenvalue weighted by atomic mass is 79.9. The third-order valence-corrected chi connectivity index (χ3v) is 5.97. The number of nitrogens with one attached hydrogen (secondary N) is 1. The van der Waals surface area contributed by atoms with Crippen LogP contribution in [0.15, 0.2) is 44.7 Å². The van der Waals surface area contributed by atoms with Gasteiger partial charge in [-0.25, -0.2) is 4.79 Å². The second-order valence-corrected chi connectivity index (χ2v) is 8.56. The van der Waals surface area contributed by atoms with Crippen molar-refractivity contribution in [1.29, 1.82) is 0 Å². The molecule has 114 valence electrons. The zero-order valence-electron chi connectivity index (χ0n) is 11.6. The lowest BCUT2D eigenvalue weighted by molar-refractivity contribution is -0.131. The number of amides is 3. The highest BCUT2D eigenvalue weighted by Gasteiger charge is 2.49. The van der Waals surface area contributed by atoms with Gasteiger partial charge in [0.05, 0.1) is 10.3 Å². The van der Waals surface area contributed by atoms with Gasteiger partial charge in [-0.2, -0.15) is 0 Å². The number of carbonyl (C=O) groups is 2. The van der Waals surface area contributed by atoms with Crippen LogP contribution in [0, 0.1) is 0 Å². The van der Waals surface area contributed by atoms with Crippen LogP contribution in [0.1, 0.15) is 17.4 Å². The summed E-state index contributed by atoms with van der Waals surface area (Å²) in [6, 6.07) is 10.9. The molecule has 2 heterocycles. The molecule has 1 aliphatic heterocycles. The minimum Gasteiger partial charge on any atom is -0.319 e. The molecule has 1 saturated heterocycles. The lowest BCUT2D eigenvalue weighted by atomic mass is 10.0. The molecule has 1 aromatic carbocycles. The maximum Gasteiger partial charge on any atom is 0.325 e. The first-order valence-corrected chi connectivity index (χ1v) is 8.95. The Morgan fingerprint density at radius 3 is 2.41 bits per heavy atom. The number of thiophene rings is 1. The molecule has 0 radical (unpaired) electrons. The van der Waals surface area contributed by atoms with Crippen LogP contribution in [0.5, 0.6) is 0 Å². The fourth-order valence-corrected chi connectivity index (χ4v) is 4.11. The molecule has 1 aliphatic rings. The molecular formula is C15H12Br2N2O2S. The first kappa shape index (κ1) is 15.7. The van der Waals surface area contributed by atoms with E-state index in [1.54, 1.807) is 6.92 Å². The SMILES string of the molecule is CC1(c2ccc(Br)s2)NC(=O)N(Cc2ccc(Br)cc2)C1=O. The Kier molecular flexibility index (Phi) is 4.13. The Labute approximate surface area is 148 Å². The second kappa shape index (κ2) is 5.79. The zero-order chi connectivity index (χ0) is 15.9. The van der Waals surface area contributed by atoms with Crippen molar-refractivity contribution in [1.82, 2.24) is 10.2 Å². The van der Waals surface area contributed by atoms with Crippen LogP contribution in [0.2, 0.25) is 0 Å². The highest BCUT2D eigenvalue weighted by Crippen LogP contribution is 2.36. The Hall–Kier alpha value is -1.18. The lowest BCUT2D eigenvalue weighted by Gasteiger charge is -2.20. The Morgan fingerprint density at radius 2 is 1.82 bits per heavy atom. The van der Waals surface area contributed by atoms with Crippen molar-refractivity contribution in [3.05, 3.63) is 55.1 Å². The van der Waals surface area contributed by atoms with Gasteiger partial charge in [0.1, 0.15) is 0 Å². The minimum atomic E-state index is -0.997. The van der Waals surface area contributed by atoms with Crippen molar-refractivity contribution < 1.29 is 9.59 Å². The number of hydrogen-bond donors (Lipinski definition) is 1. The van der Waals surface area contributed by atoms with Crippen molar-refractivity contribution in [2.24, 2.45) is 0 Å². The van der Waals surface area contributed by atoms with Gasteiger partial charge in [-0.3, -0.25) is 9.69 Å². The van der Waals surface area contributed by atoms with E-state index in [1.807, 2.05) is 36.4 Å². The van der Waals surface area contributed by atoms with E-state index in [0.29, 0.717) is 0 Å². The first-order valence-electron chi connectivity index (χ1n) is 6.54. The number of halogens is 2. The molecule has 7 heteroatoms. The fourth-order valence-electron chi connectivity index (χ4n) is 2.36. The number of urea groups is 1. The van der Waals surface area contributed by atoms with Crippen LogP contribution in [-0.2, 0) is 16.9 Å². The topological polar surface area (TPSA) is 49.4 Å². The van der Waals surface area contributed by atoms with Crippen LogP contribution in [-0.4, -0.2) is 16.8 Å². The molecular weight excluding hydrogens is 432 g/mol. The van der Waals surface area contributed by atoms with Gasteiger partial charge in [0.15, 0.2) is 5.54 Å². The van der Waals surface area contributed by atoms with Gasteiger partial charge in [0.25, 0.3) is 5.91 Å². The lowest BCUT2D eigenvalue weighted by Crippen LogP contribution is -2.40. The normalized spacial score (nSPS) is 21.3. The summed E-state index contributed by atoms with van der Waals surface area (Å²) in [5, 5.41) is 2.81. The number of nitrogens with zero attached hydrogens (tertiary/aromatic N) is 1. The smallest absolute Gasteiger partial charge is 0.319 e. The monoisotopic (exact) mass is 442 g/mol. The van der Waals surface area contributed by atoms with E-state index < -0.39 is 5.54 Å². The van der Waals surface area contributed by atoms with Crippen LogP contribution in [0.3, 0.4) is 0 Å². The molecule has 1 N–H and O–H groups in total. The molecule has 3 amide bonds. The van der Waals surface area contributed by atoms with E-state index >= 15 is 0 Å². The summed E-state index contributed by atoms with van der Waals surface area (Å²) >= 11 is 8.21. The van der Waals surface area contributed by atoms with Crippen molar-refractivity contribution in [2.45, 2.75) is 19.0 Å². The molecule has 22 heavy (non-hydrogen) atoms. The number of carbonyl (C=O) groups excluding carboxylic acids is 2. The molecule has 1 aromatic heterocycles. The zero-order valence-corrected chi connectivity index (χ0v) is 15.6. The predicted molar refractivity (Wildman–Crippen MR) is 92.6 cm³/mol. The quantitative estimate of drug-likeness (QED) is 0.721. The van der Waals surface area contributed by atoms with Gasteiger partial charge in [-0.05, 0) is 52.7 Å². The fraction of sp³-hybridized carbons (Fsp3) is 0.200. The summed E-state index contributed by atoms with van der Waals surface area (Å²) in [7, 11) is 0. The average Bonchev–Trinajstić information content (AvgIpc) is 3.00. The first-order chi connectivity index (χ1) is 10.4. The molecule has 0 aliphatic carbocycles. The standard InChI is InChI=1S/C15H12Br2N2O2S/c1-15(11-6-7-12(17)22-11)13(20)19(14(21)18-15)8-9-2-4-10(16)5-3-9/h2-7H,8H2,1H3,(H,18,21). The Morgan fingerprint density at radius 1 is 1.14 bits per heavy atom. The molecule has 0 spiro atoms. The number of imide groups is 1. The summed E-state index contributed by atoms with van der Waals surface area (Å²) in [6.07, 6.45) is 0. The second-order valence-electron chi connectivity index (χ2n) is 5.18. The molecule has 0 bridgehead atoms. The van der Waals surface area contributed by atoms with Crippen molar-refractivity contribution >= 4 is 55.1 Å². The number of hydrogen-bond acceptors (Lipinski definition) is 3. The molecule has 4 nitrogen and oxygen atoms in total. The predicted octanol–water partition coefficient (Wildman–Crippen LogP) is 4.24. The molecule has 1 fully saturated rings. The summed E-state index contributed by atoms with van der Waals surface area (Å²) < 4.78 is 1.89. The van der Waals surface area contributed by atoms with Crippen LogP contribution in [0.25, 0.3) is 0 Å². The van der Waals surface area contributed by atoms with E-state index in [0.717, 1.165) is 18.7 Å². The van der Waals surface area contributed by atoms with Gasteiger partial charge in [0.2, 0.25) is 0 Å². The van der Waals surface area contributed by atoms with Crippen molar-refractivity contribution in [3.63, 3.8) is 0 Å². The highest BCUT2D eigenvalue weighted by molar-refractivity contribution is 9.11. The van der Waals surface area contributed by atoms with Crippen molar-refractivity contribution in [3.8, 4) is 0 Å². The van der Waals surface area contributed by atoms with E-state index in [1.165, 1.54) is 16.2 Å². The van der Waals surface area contributed by atoms with Gasteiger partial charge in [-0.15, -0.1) is 11.3 Å². The average molecular weight is 444 g/mol. The van der Waals surface area contributed by atoms with Gasteiger partial charge >= 0.3 is 6.03 Å². The third kappa shape index (κ3) is 2.73. The Bertz CT molecular complexity index is 744. The minimum absolute atomic E-state index is 0.227. The molecule has 3 rings (SSSR count). The maximum atomic E-state index is 12.7. The van der Waals surface area contributed by atoms with Crippen LogP contribution < -0.4 is 5.32 Å². The summed E-state index contributed by atoms with van der Waals surface area (Å²) in [4.78, 5) is 27.0. The third-order valence-electron chi connectivity index (χ3n) is 3.59. The van der Waals surface area contributed by atoms with Crippen molar-refractivity contribution in [2.75, 3.05) is 0 Å². The maximum absolute atomic E-state index is 12.7. The molecule has 0 saturated carbocycles. The summed E-state index contributed by atoms with van der Waals surface area (Å²) in [5.74, 6) is -0.227. The number of rotatable bonds is 3. The van der Waals surface area contributed by atoms with Gasteiger partial charge in [0, 0.05) is 9.35 Å². The van der Waals surface area contributed by atoms with Crippen LogP contribution in [0.4, 0.5) is 4.79 Å². The van der Waals surface area contributed by atoms with Gasteiger partial charge in [-0.1, -0.05) is 28.1 Å². The van der Waals surface area contributed by atoms with Gasteiger partial charge < -0.3 is 5.32 Å². The van der Waals surface area contributed by atoms with Crippen LogP contribution >= 0.6 is 43.2 Å². The van der Waals surface area contributed by atoms with E-state index in [-0.39, 0.29) is 18.5 Å². The Balaban J connectivity index is 1.86.